The summed E-state index contributed by atoms with van der Waals surface area (Å²) in [5, 5.41) is 0. The Labute approximate surface area is 126 Å². The zero-order chi connectivity index (χ0) is 17.9. The van der Waals surface area contributed by atoms with E-state index in [1.165, 1.54) is 24.3 Å². The first kappa shape index (κ1) is 19.0. The van der Waals surface area contributed by atoms with Crippen LogP contribution in [0.5, 0.6) is 0 Å². The minimum atomic E-state index is -6.60. The molecule has 0 aliphatic heterocycles. The molecule has 0 saturated heterocycles. The Balaban J connectivity index is 3.05. The van der Waals surface area contributed by atoms with Crippen LogP contribution in [0.25, 0.3) is 0 Å². The second-order valence-corrected chi connectivity index (χ2v) is 4.48. The second kappa shape index (κ2) is 6.59. The highest BCUT2D eigenvalue weighted by Crippen LogP contribution is 2.47. The van der Waals surface area contributed by atoms with Gasteiger partial charge in [-0.15, -0.1) is 6.58 Å². The van der Waals surface area contributed by atoms with Gasteiger partial charge in [0.25, 0.3) is 0 Å². The minimum Gasteiger partial charge on any atom is -0.453 e. The van der Waals surface area contributed by atoms with Crippen LogP contribution in [0.15, 0.2) is 43.0 Å². The van der Waals surface area contributed by atoms with E-state index in [9.17, 15) is 35.5 Å². The number of rotatable bonds is 6. The van der Waals surface area contributed by atoms with E-state index >= 15 is 0 Å². The molecule has 0 fully saturated rings. The number of carbonyl (C=O) groups is 1. The monoisotopic (exact) mass is 344 g/mol. The lowest BCUT2D eigenvalue weighted by Crippen LogP contribution is -2.56. The third-order valence-electron chi connectivity index (χ3n) is 2.81. The summed E-state index contributed by atoms with van der Waals surface area (Å²) in [7, 11) is 0. The quantitative estimate of drug-likeness (QED) is 0.426. The Morgan fingerprint density at radius 1 is 1.09 bits per heavy atom. The number of halogens is 7. The lowest BCUT2D eigenvalue weighted by molar-refractivity contribution is -0.349. The molecule has 1 aromatic carbocycles. The predicted octanol–water partition coefficient (Wildman–Crippen LogP) is 4.68. The Hall–Kier alpha value is -2.06. The van der Waals surface area contributed by atoms with E-state index in [1.807, 2.05) is 0 Å². The Morgan fingerprint density at radius 2 is 1.61 bits per heavy atom. The van der Waals surface area contributed by atoms with Gasteiger partial charge < -0.3 is 4.74 Å². The van der Waals surface area contributed by atoms with Crippen LogP contribution in [-0.4, -0.2) is 24.0 Å². The maximum atomic E-state index is 13.2. The second-order valence-electron chi connectivity index (χ2n) is 4.48. The molecule has 0 aromatic heterocycles. The lowest BCUT2D eigenvalue weighted by Gasteiger charge is -2.28. The Bertz CT molecular complexity index is 552. The highest BCUT2D eigenvalue weighted by atomic mass is 19.4. The van der Waals surface area contributed by atoms with Crippen LogP contribution < -0.4 is 0 Å². The molecule has 1 atom stereocenters. The molecule has 0 spiro atoms. The Morgan fingerprint density at radius 3 is 2.04 bits per heavy atom. The van der Waals surface area contributed by atoms with Gasteiger partial charge >= 0.3 is 24.0 Å². The molecule has 128 valence electrons. The van der Waals surface area contributed by atoms with E-state index in [1.54, 1.807) is 6.07 Å². The number of carbonyl (C=O) groups excluding carboxylic acids is 1. The largest absolute Gasteiger partial charge is 0.460 e. The van der Waals surface area contributed by atoms with Gasteiger partial charge in [-0.3, -0.25) is 0 Å². The van der Waals surface area contributed by atoms with Crippen LogP contribution in [-0.2, 0) is 9.53 Å². The van der Waals surface area contributed by atoms with Crippen molar-refractivity contribution in [2.45, 2.75) is 30.5 Å². The van der Waals surface area contributed by atoms with Crippen molar-refractivity contribution in [3.05, 3.63) is 48.6 Å². The summed E-state index contributed by atoms with van der Waals surface area (Å²) in [4.78, 5) is 11.2. The number of hydrogen-bond acceptors (Lipinski definition) is 2. The highest BCUT2D eigenvalue weighted by molar-refractivity contribution is 5.79. The number of esters is 1. The molecule has 0 N–H and O–H groups in total. The van der Waals surface area contributed by atoms with Crippen molar-refractivity contribution in [3.8, 4) is 0 Å². The average molecular weight is 344 g/mol. The van der Waals surface area contributed by atoms with Crippen LogP contribution in [0.2, 0.25) is 0 Å². The van der Waals surface area contributed by atoms with E-state index in [0.29, 0.717) is 0 Å². The van der Waals surface area contributed by atoms with Crippen molar-refractivity contribution in [1.82, 2.24) is 0 Å². The third-order valence-corrected chi connectivity index (χ3v) is 2.81. The zero-order valence-electron chi connectivity index (χ0n) is 11.4. The summed E-state index contributed by atoms with van der Waals surface area (Å²) in [6, 6.07) is 7.11. The van der Waals surface area contributed by atoms with Gasteiger partial charge in [-0.2, -0.15) is 30.7 Å². The van der Waals surface area contributed by atoms with Crippen LogP contribution in [0.4, 0.5) is 30.7 Å². The van der Waals surface area contributed by atoms with E-state index < -0.39 is 30.1 Å². The topological polar surface area (TPSA) is 26.3 Å². The number of alkyl halides is 7. The van der Waals surface area contributed by atoms with Gasteiger partial charge in [0.05, 0.1) is 0 Å². The SMILES string of the molecule is C=CCC(OC(=O)C(F)(F)C(F)(F)C(F)(F)F)c1ccccc1. The molecule has 2 nitrogen and oxygen atoms in total. The first-order valence-corrected chi connectivity index (χ1v) is 6.14. The summed E-state index contributed by atoms with van der Waals surface area (Å²) < 4.78 is 92.4. The number of ether oxygens (including phenoxy) is 1. The molecule has 0 saturated carbocycles. The molecule has 0 bridgehead atoms. The van der Waals surface area contributed by atoms with Gasteiger partial charge in [0, 0.05) is 6.42 Å². The average Bonchev–Trinajstić information content (AvgIpc) is 2.46. The van der Waals surface area contributed by atoms with Crippen LogP contribution in [0.1, 0.15) is 18.1 Å². The summed E-state index contributed by atoms with van der Waals surface area (Å²) in [6.45, 7) is 3.28. The van der Waals surface area contributed by atoms with E-state index in [4.69, 9.17) is 0 Å². The van der Waals surface area contributed by atoms with Crippen LogP contribution in [0.3, 0.4) is 0 Å². The fourth-order valence-electron chi connectivity index (χ4n) is 1.58. The van der Waals surface area contributed by atoms with Gasteiger partial charge in [-0.25, -0.2) is 4.79 Å². The Kier molecular flexibility index (Phi) is 5.44. The molecular weight excluding hydrogens is 333 g/mol. The minimum absolute atomic E-state index is 0.145. The predicted molar refractivity (Wildman–Crippen MR) is 66.0 cm³/mol. The van der Waals surface area contributed by atoms with E-state index in [-0.39, 0.29) is 12.0 Å². The summed E-state index contributed by atoms with van der Waals surface area (Å²) >= 11 is 0. The van der Waals surface area contributed by atoms with Crippen molar-refractivity contribution in [1.29, 1.82) is 0 Å². The number of hydrogen-bond donors (Lipinski definition) is 0. The first-order valence-electron chi connectivity index (χ1n) is 6.14. The molecular formula is C14H11F7O2. The molecule has 0 aliphatic carbocycles. The maximum Gasteiger partial charge on any atom is 0.460 e. The first-order chi connectivity index (χ1) is 10.4. The van der Waals surface area contributed by atoms with E-state index in [2.05, 4.69) is 11.3 Å². The maximum absolute atomic E-state index is 13.2. The van der Waals surface area contributed by atoms with Gasteiger partial charge in [-0.1, -0.05) is 36.4 Å². The molecule has 0 amide bonds. The fraction of sp³-hybridized carbons (Fsp3) is 0.357. The van der Waals surface area contributed by atoms with Crippen molar-refractivity contribution in [3.63, 3.8) is 0 Å². The summed E-state index contributed by atoms with van der Waals surface area (Å²) in [6.07, 6.45) is -7.17. The summed E-state index contributed by atoms with van der Waals surface area (Å²) in [5.41, 5.74) is 0.145. The van der Waals surface area contributed by atoms with Crippen molar-refractivity contribution >= 4 is 5.97 Å². The van der Waals surface area contributed by atoms with Gasteiger partial charge in [0.1, 0.15) is 6.10 Å². The highest BCUT2D eigenvalue weighted by Gasteiger charge is 2.77. The summed E-state index contributed by atoms with van der Waals surface area (Å²) in [5.74, 6) is -15.6. The normalized spacial score (nSPS) is 14.2. The van der Waals surface area contributed by atoms with Gasteiger partial charge in [-0.05, 0) is 5.56 Å². The number of benzene rings is 1. The lowest BCUT2D eigenvalue weighted by atomic mass is 10.1. The van der Waals surface area contributed by atoms with Crippen molar-refractivity contribution < 1.29 is 40.3 Å². The molecule has 0 radical (unpaired) electrons. The van der Waals surface area contributed by atoms with Crippen LogP contribution >= 0.6 is 0 Å². The van der Waals surface area contributed by atoms with Crippen molar-refractivity contribution in [2.75, 3.05) is 0 Å². The van der Waals surface area contributed by atoms with Crippen LogP contribution in [0, 0.1) is 0 Å². The van der Waals surface area contributed by atoms with Gasteiger partial charge in [0.15, 0.2) is 0 Å². The molecule has 1 aromatic rings. The molecule has 1 rings (SSSR count). The fourth-order valence-corrected chi connectivity index (χ4v) is 1.58. The van der Waals surface area contributed by atoms with Gasteiger partial charge in [0.2, 0.25) is 0 Å². The molecule has 0 aliphatic rings. The molecule has 23 heavy (non-hydrogen) atoms. The smallest absolute Gasteiger partial charge is 0.453 e. The molecule has 9 heteroatoms. The standard InChI is InChI=1S/C14H11F7O2/c1-2-6-10(9-7-4-3-5-8-9)23-11(22)12(15,16)13(17,18)14(19,20)21/h2-5,7-8,10H,1,6H2. The zero-order valence-corrected chi connectivity index (χ0v) is 11.4. The van der Waals surface area contributed by atoms with Crippen molar-refractivity contribution in [2.24, 2.45) is 0 Å². The molecule has 0 heterocycles. The third kappa shape index (κ3) is 3.83. The molecule has 1 unspecified atom stereocenters. The van der Waals surface area contributed by atoms with E-state index in [0.717, 1.165) is 6.08 Å².